The fraction of sp³-hybridized carbons (Fsp3) is 0.350. The van der Waals surface area contributed by atoms with Gasteiger partial charge in [-0.05, 0) is 48.9 Å². The van der Waals surface area contributed by atoms with Crippen LogP contribution in [0.15, 0.2) is 42.5 Å². The summed E-state index contributed by atoms with van der Waals surface area (Å²) in [5, 5.41) is 6.77. The van der Waals surface area contributed by atoms with Gasteiger partial charge in [0.25, 0.3) is 0 Å². The Morgan fingerprint density at radius 1 is 1.04 bits per heavy atom. The van der Waals surface area contributed by atoms with Crippen molar-refractivity contribution in [2.24, 2.45) is 0 Å². The van der Waals surface area contributed by atoms with E-state index in [-0.39, 0.29) is 12.5 Å². The van der Waals surface area contributed by atoms with Gasteiger partial charge in [-0.15, -0.1) is 0 Å². The first-order valence-electron chi connectivity index (χ1n) is 8.80. The number of rotatable bonds is 10. The third-order valence-electron chi connectivity index (χ3n) is 3.78. The smallest absolute Gasteiger partial charge is 0.243 e. The molecule has 0 aliphatic heterocycles. The molecule has 2 N–H and O–H groups in total. The number of amides is 1. The molecule has 0 aliphatic carbocycles. The van der Waals surface area contributed by atoms with E-state index in [4.69, 9.17) is 27.9 Å². The maximum Gasteiger partial charge on any atom is 0.243 e. The molecule has 0 fully saturated rings. The highest BCUT2D eigenvalue weighted by Crippen LogP contribution is 2.25. The summed E-state index contributed by atoms with van der Waals surface area (Å²) >= 11 is 11.9. The fourth-order valence-corrected chi connectivity index (χ4v) is 2.69. The van der Waals surface area contributed by atoms with E-state index < -0.39 is 0 Å². The first-order valence-corrected chi connectivity index (χ1v) is 9.55. The van der Waals surface area contributed by atoms with E-state index in [1.165, 1.54) is 19.3 Å². The first kappa shape index (κ1) is 20.4. The molecule has 0 saturated heterocycles. The van der Waals surface area contributed by atoms with Crippen LogP contribution in [0.3, 0.4) is 0 Å². The van der Waals surface area contributed by atoms with Crippen molar-refractivity contribution < 1.29 is 9.53 Å². The van der Waals surface area contributed by atoms with Crippen molar-refractivity contribution in [1.82, 2.24) is 0 Å². The van der Waals surface area contributed by atoms with Crippen LogP contribution < -0.4 is 15.4 Å². The molecule has 2 aromatic carbocycles. The van der Waals surface area contributed by atoms with Crippen LogP contribution in [0, 0.1) is 0 Å². The number of hydrogen-bond donors (Lipinski definition) is 2. The van der Waals surface area contributed by atoms with Crippen LogP contribution in [0.1, 0.15) is 32.6 Å². The van der Waals surface area contributed by atoms with E-state index in [9.17, 15) is 4.79 Å². The van der Waals surface area contributed by atoms with E-state index in [0.29, 0.717) is 15.7 Å². The molecule has 0 saturated carbocycles. The summed E-state index contributed by atoms with van der Waals surface area (Å²) in [6, 6.07) is 12.5. The normalized spacial score (nSPS) is 10.4. The highest BCUT2D eigenvalue weighted by atomic mass is 35.5. The Bertz CT molecular complexity index is 705. The zero-order chi connectivity index (χ0) is 18.8. The van der Waals surface area contributed by atoms with E-state index >= 15 is 0 Å². The van der Waals surface area contributed by atoms with Gasteiger partial charge in [0.2, 0.25) is 5.91 Å². The molecule has 6 heteroatoms. The summed E-state index contributed by atoms with van der Waals surface area (Å²) in [4.78, 5) is 12.0. The van der Waals surface area contributed by atoms with Gasteiger partial charge in [-0.25, -0.2) is 0 Å². The molecule has 2 rings (SSSR count). The Hall–Kier alpha value is -1.91. The van der Waals surface area contributed by atoms with Crippen LogP contribution in [0.2, 0.25) is 10.0 Å². The lowest BCUT2D eigenvalue weighted by molar-refractivity contribution is -0.114. The van der Waals surface area contributed by atoms with E-state index in [2.05, 4.69) is 17.6 Å². The molecular formula is C20H24Cl2N2O2. The minimum absolute atomic E-state index is 0.125. The van der Waals surface area contributed by atoms with E-state index in [1.54, 1.807) is 18.2 Å². The molecule has 0 aliphatic rings. The second kappa shape index (κ2) is 10.9. The first-order chi connectivity index (χ1) is 12.6. The Balaban J connectivity index is 1.75. The molecule has 140 valence electrons. The molecule has 0 bridgehead atoms. The maximum atomic E-state index is 12.0. The fourth-order valence-electron chi connectivity index (χ4n) is 2.36. The zero-order valence-electron chi connectivity index (χ0n) is 14.9. The van der Waals surface area contributed by atoms with Crippen LogP contribution in [0.5, 0.6) is 5.75 Å². The molecule has 4 nitrogen and oxygen atoms in total. The number of carbonyl (C=O) groups is 1. The Kier molecular flexibility index (Phi) is 8.59. The van der Waals surface area contributed by atoms with Gasteiger partial charge in [-0.3, -0.25) is 4.79 Å². The second-order valence-corrected chi connectivity index (χ2v) is 6.80. The number of carbonyl (C=O) groups excluding carboxylic acids is 1. The van der Waals surface area contributed by atoms with Crippen LogP contribution in [-0.2, 0) is 4.79 Å². The van der Waals surface area contributed by atoms with Crippen LogP contribution in [0.25, 0.3) is 0 Å². The van der Waals surface area contributed by atoms with Crippen molar-refractivity contribution in [1.29, 1.82) is 0 Å². The Morgan fingerprint density at radius 3 is 2.54 bits per heavy atom. The van der Waals surface area contributed by atoms with Crippen LogP contribution in [-0.4, -0.2) is 19.1 Å². The second-order valence-electron chi connectivity index (χ2n) is 5.96. The van der Waals surface area contributed by atoms with Crippen molar-refractivity contribution in [2.75, 3.05) is 23.8 Å². The monoisotopic (exact) mass is 394 g/mol. The lowest BCUT2D eigenvalue weighted by atomic mass is 10.2. The van der Waals surface area contributed by atoms with Gasteiger partial charge >= 0.3 is 0 Å². The summed E-state index contributed by atoms with van der Waals surface area (Å²) in [5.41, 5.74) is 1.34. The van der Waals surface area contributed by atoms with Gasteiger partial charge in [0.1, 0.15) is 5.75 Å². The van der Waals surface area contributed by atoms with Gasteiger partial charge in [0.15, 0.2) is 0 Å². The number of ether oxygens (including phenoxy) is 1. The minimum Gasteiger partial charge on any atom is -0.494 e. The number of unbranched alkanes of at least 4 members (excludes halogenated alkanes) is 3. The predicted molar refractivity (Wildman–Crippen MR) is 110 cm³/mol. The quantitative estimate of drug-likeness (QED) is 0.485. The molecule has 0 unspecified atom stereocenters. The molecule has 0 spiro atoms. The highest BCUT2D eigenvalue weighted by molar-refractivity contribution is 6.35. The Labute approximate surface area is 164 Å². The molecule has 0 atom stereocenters. The van der Waals surface area contributed by atoms with Gasteiger partial charge in [0.05, 0.1) is 23.9 Å². The van der Waals surface area contributed by atoms with Crippen molar-refractivity contribution in [2.45, 2.75) is 32.6 Å². The van der Waals surface area contributed by atoms with Crippen molar-refractivity contribution in [3.8, 4) is 5.75 Å². The van der Waals surface area contributed by atoms with Gasteiger partial charge in [-0.2, -0.15) is 0 Å². The summed E-state index contributed by atoms with van der Waals surface area (Å²) in [6.07, 6.45) is 4.73. The van der Waals surface area contributed by atoms with Gasteiger partial charge < -0.3 is 15.4 Å². The van der Waals surface area contributed by atoms with Gasteiger partial charge in [0, 0.05) is 10.7 Å². The van der Waals surface area contributed by atoms with Crippen LogP contribution in [0.4, 0.5) is 11.4 Å². The molecule has 26 heavy (non-hydrogen) atoms. The van der Waals surface area contributed by atoms with Crippen molar-refractivity contribution in [3.63, 3.8) is 0 Å². The SMILES string of the molecule is CCCCCCOc1ccc(NCC(=O)Nc2cc(Cl)ccc2Cl)cc1. The number of hydrogen-bond acceptors (Lipinski definition) is 3. The molecule has 0 aromatic heterocycles. The topological polar surface area (TPSA) is 50.4 Å². The van der Waals surface area contributed by atoms with E-state index in [0.717, 1.165) is 24.5 Å². The molecule has 1 amide bonds. The minimum atomic E-state index is -0.203. The molecule has 0 heterocycles. The average Bonchev–Trinajstić information content (AvgIpc) is 2.64. The number of anilines is 2. The van der Waals surface area contributed by atoms with Gasteiger partial charge in [-0.1, -0.05) is 49.4 Å². The number of nitrogens with one attached hydrogen (secondary N) is 2. The molecule has 2 aromatic rings. The number of halogens is 2. The van der Waals surface area contributed by atoms with Crippen molar-refractivity contribution in [3.05, 3.63) is 52.5 Å². The summed E-state index contributed by atoms with van der Waals surface area (Å²) in [5.74, 6) is 0.632. The standard InChI is InChI=1S/C20H24Cl2N2O2/c1-2-3-4-5-12-26-17-9-7-16(8-10-17)23-14-20(25)24-19-13-15(21)6-11-18(19)22/h6-11,13,23H,2-5,12,14H2,1H3,(H,24,25). The third-order valence-corrected chi connectivity index (χ3v) is 4.34. The predicted octanol–water partition coefficient (Wildman–Crippen LogP) is 6.00. The summed E-state index contributed by atoms with van der Waals surface area (Å²) in [7, 11) is 0. The summed E-state index contributed by atoms with van der Waals surface area (Å²) in [6.45, 7) is 3.05. The lowest BCUT2D eigenvalue weighted by Crippen LogP contribution is -2.21. The van der Waals surface area contributed by atoms with E-state index in [1.807, 2.05) is 24.3 Å². The van der Waals surface area contributed by atoms with Crippen LogP contribution >= 0.6 is 23.2 Å². The summed E-state index contributed by atoms with van der Waals surface area (Å²) < 4.78 is 5.70. The van der Waals surface area contributed by atoms with Crippen molar-refractivity contribution >= 4 is 40.5 Å². The largest absolute Gasteiger partial charge is 0.494 e. The molecule has 0 radical (unpaired) electrons. The highest BCUT2D eigenvalue weighted by Gasteiger charge is 2.06. The Morgan fingerprint density at radius 2 is 1.81 bits per heavy atom. The molecular weight excluding hydrogens is 371 g/mol. The lowest BCUT2D eigenvalue weighted by Gasteiger charge is -2.10. The average molecular weight is 395 g/mol. The maximum absolute atomic E-state index is 12.0. The zero-order valence-corrected chi connectivity index (χ0v) is 16.4. The third kappa shape index (κ3) is 7.14. The number of benzene rings is 2.